The van der Waals surface area contributed by atoms with Gasteiger partial charge in [-0.2, -0.15) is 0 Å². The van der Waals surface area contributed by atoms with Crippen LogP contribution in [0.3, 0.4) is 0 Å². The molecular formula is C14H19N3O2. The summed E-state index contributed by atoms with van der Waals surface area (Å²) in [5.41, 5.74) is 0.670. The Labute approximate surface area is 113 Å². The molecule has 0 spiro atoms. The first-order valence-electron chi connectivity index (χ1n) is 6.45. The summed E-state index contributed by atoms with van der Waals surface area (Å²) in [6, 6.07) is 3.21. The Bertz CT molecular complexity index is 508. The van der Waals surface area contributed by atoms with Crippen LogP contribution in [0.25, 0.3) is 0 Å². The zero-order valence-corrected chi connectivity index (χ0v) is 11.7. The summed E-state index contributed by atoms with van der Waals surface area (Å²) >= 11 is 0. The van der Waals surface area contributed by atoms with E-state index in [0.717, 1.165) is 5.69 Å². The van der Waals surface area contributed by atoms with E-state index >= 15 is 0 Å². The first kappa shape index (κ1) is 13.5. The molecule has 1 aromatic heterocycles. The van der Waals surface area contributed by atoms with Crippen molar-refractivity contribution in [1.29, 1.82) is 0 Å². The van der Waals surface area contributed by atoms with Gasteiger partial charge in [-0.05, 0) is 39.3 Å². The molecule has 5 heteroatoms. The van der Waals surface area contributed by atoms with Crippen molar-refractivity contribution in [3.8, 4) is 0 Å². The molecule has 1 N–H and O–H groups in total. The van der Waals surface area contributed by atoms with Crippen molar-refractivity contribution in [3.63, 3.8) is 0 Å². The molecular weight excluding hydrogens is 242 g/mol. The maximum atomic E-state index is 12.5. The van der Waals surface area contributed by atoms with Crippen LogP contribution in [0.15, 0.2) is 18.3 Å². The molecule has 1 aliphatic heterocycles. The Morgan fingerprint density at radius 1 is 1.37 bits per heavy atom. The second kappa shape index (κ2) is 4.64. The number of hydrogen-bond donors (Lipinski definition) is 1. The number of carbonyl (C=O) groups excluding carboxylic acids is 2. The maximum absolute atomic E-state index is 12.5. The fourth-order valence-electron chi connectivity index (χ4n) is 2.27. The number of rotatable bonds is 2. The maximum Gasteiger partial charge on any atom is 0.252 e. The second-order valence-corrected chi connectivity index (χ2v) is 5.37. The number of amides is 2. The van der Waals surface area contributed by atoms with Gasteiger partial charge in [-0.1, -0.05) is 6.92 Å². The number of aromatic nitrogens is 1. The smallest absolute Gasteiger partial charge is 0.252 e. The van der Waals surface area contributed by atoms with E-state index in [2.05, 4.69) is 10.3 Å². The molecule has 0 aromatic carbocycles. The third-order valence-corrected chi connectivity index (χ3v) is 3.36. The van der Waals surface area contributed by atoms with E-state index in [4.69, 9.17) is 0 Å². The number of pyridine rings is 1. The highest BCUT2D eigenvalue weighted by molar-refractivity contribution is 6.10. The summed E-state index contributed by atoms with van der Waals surface area (Å²) in [5.74, 6) is -0.225. The molecule has 1 unspecified atom stereocenters. The van der Waals surface area contributed by atoms with Crippen LogP contribution in [0, 0.1) is 6.92 Å². The molecule has 1 aromatic rings. The van der Waals surface area contributed by atoms with Crippen LogP contribution in [0.2, 0.25) is 0 Å². The Morgan fingerprint density at radius 3 is 2.58 bits per heavy atom. The van der Waals surface area contributed by atoms with Gasteiger partial charge in [0.05, 0.1) is 11.9 Å². The molecule has 102 valence electrons. The normalized spacial score (nSPS) is 22.3. The van der Waals surface area contributed by atoms with E-state index < -0.39 is 11.6 Å². The highest BCUT2D eigenvalue weighted by Crippen LogP contribution is 2.26. The highest BCUT2D eigenvalue weighted by atomic mass is 16.2. The number of anilines is 1. The summed E-state index contributed by atoms with van der Waals surface area (Å²) in [5, 5.41) is 2.77. The topological polar surface area (TPSA) is 62.3 Å². The van der Waals surface area contributed by atoms with E-state index in [1.807, 2.05) is 26.0 Å². The van der Waals surface area contributed by atoms with Crippen molar-refractivity contribution in [3.05, 3.63) is 24.0 Å². The van der Waals surface area contributed by atoms with Crippen molar-refractivity contribution in [1.82, 2.24) is 10.3 Å². The van der Waals surface area contributed by atoms with Crippen molar-refractivity contribution in [2.24, 2.45) is 0 Å². The highest BCUT2D eigenvalue weighted by Gasteiger charge is 2.45. The number of carbonyl (C=O) groups is 2. The lowest BCUT2D eigenvalue weighted by molar-refractivity contribution is -0.137. The lowest BCUT2D eigenvalue weighted by atomic mass is 9.95. The zero-order valence-electron chi connectivity index (χ0n) is 11.7. The van der Waals surface area contributed by atoms with Crippen molar-refractivity contribution < 1.29 is 9.59 Å². The van der Waals surface area contributed by atoms with Gasteiger partial charge in [-0.25, -0.2) is 0 Å². The third-order valence-electron chi connectivity index (χ3n) is 3.36. The van der Waals surface area contributed by atoms with E-state index in [9.17, 15) is 9.59 Å². The summed E-state index contributed by atoms with van der Waals surface area (Å²) in [4.78, 5) is 30.4. The average Bonchev–Trinajstić information content (AvgIpc) is 2.34. The van der Waals surface area contributed by atoms with Crippen LogP contribution in [0.5, 0.6) is 0 Å². The van der Waals surface area contributed by atoms with Gasteiger partial charge in [-0.15, -0.1) is 0 Å². The molecule has 5 nitrogen and oxygen atoms in total. The van der Waals surface area contributed by atoms with Crippen molar-refractivity contribution in [2.75, 3.05) is 4.90 Å². The first-order chi connectivity index (χ1) is 8.86. The van der Waals surface area contributed by atoms with Gasteiger partial charge in [0.25, 0.3) is 5.91 Å². The Kier molecular flexibility index (Phi) is 3.30. The molecule has 1 saturated heterocycles. The van der Waals surface area contributed by atoms with Crippen molar-refractivity contribution in [2.45, 2.75) is 45.7 Å². The van der Waals surface area contributed by atoms with E-state index in [1.165, 1.54) is 0 Å². The molecule has 2 amide bonds. The molecule has 1 atom stereocenters. The molecule has 0 bridgehead atoms. The minimum Gasteiger partial charge on any atom is -0.340 e. The summed E-state index contributed by atoms with van der Waals surface area (Å²) in [6.45, 7) is 7.21. The summed E-state index contributed by atoms with van der Waals surface area (Å²) in [6.07, 6.45) is 2.21. The fraction of sp³-hybridized carbons (Fsp3) is 0.500. The Balaban J connectivity index is 2.45. The van der Waals surface area contributed by atoms with E-state index in [1.54, 1.807) is 24.9 Å². The number of piperazine rings is 1. The fourth-order valence-corrected chi connectivity index (χ4v) is 2.27. The average molecular weight is 261 g/mol. The third kappa shape index (κ3) is 2.32. The largest absolute Gasteiger partial charge is 0.340 e. The second-order valence-electron chi connectivity index (χ2n) is 5.37. The Morgan fingerprint density at radius 2 is 2.05 bits per heavy atom. The van der Waals surface area contributed by atoms with Crippen LogP contribution in [0.4, 0.5) is 5.69 Å². The number of nitrogens with zero attached hydrogens (tertiary/aromatic N) is 2. The van der Waals surface area contributed by atoms with Crippen LogP contribution >= 0.6 is 0 Å². The van der Waals surface area contributed by atoms with Crippen LogP contribution in [0.1, 0.15) is 32.9 Å². The van der Waals surface area contributed by atoms with Crippen LogP contribution in [-0.2, 0) is 9.59 Å². The number of nitrogens with one attached hydrogen (secondary N) is 1. The predicted molar refractivity (Wildman–Crippen MR) is 72.8 cm³/mol. The van der Waals surface area contributed by atoms with Crippen molar-refractivity contribution >= 4 is 17.5 Å². The SMILES string of the molecule is CCC1C(=O)NC(C)(C)C(=O)N1c1ccc(C)nc1. The van der Waals surface area contributed by atoms with Gasteiger partial charge >= 0.3 is 0 Å². The minimum atomic E-state index is -0.881. The summed E-state index contributed by atoms with van der Waals surface area (Å²) in [7, 11) is 0. The van der Waals surface area contributed by atoms with Gasteiger partial charge in [0, 0.05) is 5.69 Å². The molecule has 1 fully saturated rings. The number of hydrogen-bond acceptors (Lipinski definition) is 3. The van der Waals surface area contributed by atoms with Gasteiger partial charge in [0.2, 0.25) is 5.91 Å². The Hall–Kier alpha value is -1.91. The quantitative estimate of drug-likeness (QED) is 0.875. The standard InChI is InChI=1S/C14H19N3O2/c1-5-11-12(18)16-14(3,4)13(19)17(11)10-7-6-9(2)15-8-10/h6-8,11H,5H2,1-4H3,(H,16,18). The molecule has 19 heavy (non-hydrogen) atoms. The van der Waals surface area contributed by atoms with Gasteiger partial charge in [-0.3, -0.25) is 19.5 Å². The molecule has 2 heterocycles. The molecule has 1 aliphatic rings. The molecule has 0 saturated carbocycles. The minimum absolute atomic E-state index is 0.107. The van der Waals surface area contributed by atoms with Gasteiger partial charge < -0.3 is 5.32 Å². The van der Waals surface area contributed by atoms with Crippen LogP contribution in [-0.4, -0.2) is 28.4 Å². The first-order valence-corrected chi connectivity index (χ1v) is 6.45. The summed E-state index contributed by atoms with van der Waals surface area (Å²) < 4.78 is 0. The van der Waals surface area contributed by atoms with Crippen LogP contribution < -0.4 is 10.2 Å². The molecule has 2 rings (SSSR count). The lowest BCUT2D eigenvalue weighted by Crippen LogP contribution is -2.68. The van der Waals surface area contributed by atoms with Gasteiger partial charge in [0.1, 0.15) is 11.6 Å². The van der Waals surface area contributed by atoms with Gasteiger partial charge in [0.15, 0.2) is 0 Å². The zero-order chi connectivity index (χ0) is 14.2. The molecule has 0 radical (unpaired) electrons. The predicted octanol–water partition coefficient (Wildman–Crippen LogP) is 1.41. The lowest BCUT2D eigenvalue weighted by Gasteiger charge is -2.42. The molecule has 0 aliphatic carbocycles. The van der Waals surface area contributed by atoms with E-state index in [-0.39, 0.29) is 11.8 Å². The number of aryl methyl sites for hydroxylation is 1. The monoisotopic (exact) mass is 261 g/mol. The van der Waals surface area contributed by atoms with E-state index in [0.29, 0.717) is 12.1 Å².